The first-order chi connectivity index (χ1) is 14.1. The van der Waals surface area contributed by atoms with Crippen LogP contribution >= 0.6 is 24.0 Å². The number of aryl methyl sites for hydroxylation is 2. The fourth-order valence-electron chi connectivity index (χ4n) is 4.06. The van der Waals surface area contributed by atoms with Gasteiger partial charge < -0.3 is 19.9 Å². The Morgan fingerprint density at radius 3 is 2.30 bits per heavy atom. The first-order valence-corrected chi connectivity index (χ1v) is 10.5. The van der Waals surface area contributed by atoms with Gasteiger partial charge in [-0.2, -0.15) is 5.10 Å². The monoisotopic (exact) mass is 526 g/mol. The lowest BCUT2D eigenvalue weighted by Gasteiger charge is -2.37. The third-order valence-corrected chi connectivity index (χ3v) is 5.68. The van der Waals surface area contributed by atoms with Crippen LogP contribution in [0, 0.1) is 0 Å². The third kappa shape index (κ3) is 5.39. The molecule has 8 heteroatoms. The zero-order chi connectivity index (χ0) is 20.8. The zero-order valence-corrected chi connectivity index (χ0v) is 21.1. The smallest absolute Gasteiger partial charge is 0.194 e. The van der Waals surface area contributed by atoms with Crippen molar-refractivity contribution in [3.8, 4) is 5.75 Å². The molecule has 1 saturated heterocycles. The molecule has 0 saturated carbocycles. The van der Waals surface area contributed by atoms with E-state index in [0.29, 0.717) is 0 Å². The van der Waals surface area contributed by atoms with E-state index >= 15 is 0 Å². The maximum atomic E-state index is 5.26. The number of nitrogens with one attached hydrogen (secondary N) is 1. The molecule has 0 aliphatic carbocycles. The third-order valence-electron chi connectivity index (χ3n) is 5.68. The van der Waals surface area contributed by atoms with Gasteiger partial charge in [-0.1, -0.05) is 13.8 Å². The lowest BCUT2D eigenvalue weighted by Crippen LogP contribution is -2.52. The molecule has 7 nitrogen and oxygen atoms in total. The summed E-state index contributed by atoms with van der Waals surface area (Å²) in [6.07, 6.45) is 1.93. The van der Waals surface area contributed by atoms with Crippen LogP contribution < -0.4 is 15.0 Å². The Kier molecular flexibility index (Phi) is 9.26. The Balaban J connectivity index is 0.00000320. The number of benzene rings is 1. The molecule has 30 heavy (non-hydrogen) atoms. The highest BCUT2D eigenvalue weighted by molar-refractivity contribution is 14.0. The van der Waals surface area contributed by atoms with Crippen molar-refractivity contribution in [3.63, 3.8) is 0 Å². The van der Waals surface area contributed by atoms with Crippen LogP contribution in [0.25, 0.3) is 0 Å². The molecule has 0 unspecified atom stereocenters. The quantitative estimate of drug-likeness (QED) is 0.356. The van der Waals surface area contributed by atoms with Gasteiger partial charge in [-0.3, -0.25) is 9.67 Å². The highest BCUT2D eigenvalue weighted by atomic mass is 127. The molecule has 2 aromatic rings. The van der Waals surface area contributed by atoms with E-state index in [0.717, 1.165) is 57.3 Å². The number of aliphatic imine (C=N–C) groups is 1. The van der Waals surface area contributed by atoms with Gasteiger partial charge in [0, 0.05) is 63.8 Å². The summed E-state index contributed by atoms with van der Waals surface area (Å²) in [4.78, 5) is 9.29. The number of rotatable bonds is 6. The van der Waals surface area contributed by atoms with Gasteiger partial charge in [0.25, 0.3) is 0 Å². The number of hydrogen-bond donors (Lipinski definition) is 1. The Morgan fingerprint density at radius 1 is 1.10 bits per heavy atom. The molecule has 1 aliphatic heterocycles. The number of piperazine rings is 1. The largest absolute Gasteiger partial charge is 0.497 e. The van der Waals surface area contributed by atoms with Gasteiger partial charge in [-0.15, -0.1) is 24.0 Å². The second-order valence-electron chi connectivity index (χ2n) is 7.28. The van der Waals surface area contributed by atoms with Crippen molar-refractivity contribution < 1.29 is 4.74 Å². The van der Waals surface area contributed by atoms with Crippen LogP contribution in [-0.4, -0.2) is 61.0 Å². The normalized spacial score (nSPS) is 14.5. The van der Waals surface area contributed by atoms with Gasteiger partial charge in [0.1, 0.15) is 5.75 Å². The van der Waals surface area contributed by atoms with Crippen LogP contribution in [0.2, 0.25) is 0 Å². The Hall–Kier alpha value is -1.97. The molecule has 1 aromatic heterocycles. The second kappa shape index (κ2) is 11.4. The van der Waals surface area contributed by atoms with Gasteiger partial charge in [0.2, 0.25) is 0 Å². The minimum Gasteiger partial charge on any atom is -0.497 e. The summed E-state index contributed by atoms with van der Waals surface area (Å²) in [5, 5.41) is 8.26. The van der Waals surface area contributed by atoms with E-state index in [-0.39, 0.29) is 24.0 Å². The number of ether oxygens (including phenoxy) is 1. The van der Waals surface area contributed by atoms with Crippen LogP contribution in [-0.2, 0) is 26.4 Å². The van der Waals surface area contributed by atoms with E-state index in [2.05, 4.69) is 51.2 Å². The number of methoxy groups -OCH3 is 1. The summed E-state index contributed by atoms with van der Waals surface area (Å²) in [7, 11) is 5.60. The van der Waals surface area contributed by atoms with Gasteiger partial charge in [0.15, 0.2) is 5.96 Å². The Morgan fingerprint density at radius 2 is 1.77 bits per heavy atom. The van der Waals surface area contributed by atoms with Crippen LogP contribution in [0.3, 0.4) is 0 Å². The topological polar surface area (TPSA) is 57.9 Å². The molecule has 1 aliphatic rings. The molecular formula is C22H35IN6O. The summed E-state index contributed by atoms with van der Waals surface area (Å²) in [6.45, 7) is 8.96. The van der Waals surface area contributed by atoms with Crippen LogP contribution in [0.15, 0.2) is 29.3 Å². The van der Waals surface area contributed by atoms with Gasteiger partial charge >= 0.3 is 0 Å². The molecule has 1 N–H and O–H groups in total. The number of nitrogens with zero attached hydrogens (tertiary/aromatic N) is 5. The van der Waals surface area contributed by atoms with Crippen molar-refractivity contribution in [1.82, 2.24) is 20.0 Å². The highest BCUT2D eigenvalue weighted by Crippen LogP contribution is 2.21. The van der Waals surface area contributed by atoms with Crippen molar-refractivity contribution in [1.29, 1.82) is 0 Å². The predicted octanol–water partition coefficient (Wildman–Crippen LogP) is 3.07. The van der Waals surface area contributed by atoms with E-state index in [1.165, 1.54) is 22.6 Å². The minimum atomic E-state index is 0. The summed E-state index contributed by atoms with van der Waals surface area (Å²) in [5.41, 5.74) is 5.03. The molecular weight excluding hydrogens is 491 g/mol. The number of hydrogen-bond acceptors (Lipinski definition) is 4. The molecule has 0 amide bonds. The average Bonchev–Trinajstić information content (AvgIpc) is 3.09. The fraction of sp³-hybridized carbons (Fsp3) is 0.545. The predicted molar refractivity (Wildman–Crippen MR) is 134 cm³/mol. The first-order valence-electron chi connectivity index (χ1n) is 10.5. The van der Waals surface area contributed by atoms with E-state index < -0.39 is 0 Å². The van der Waals surface area contributed by atoms with Crippen molar-refractivity contribution in [2.75, 3.05) is 45.2 Å². The number of anilines is 1. The standard InChI is InChI=1S/C22H34N6O.HI/c1-6-20-19(21(7-2)26(4)25-20)16-24-22(23-3)28-14-12-27(13-15-28)17-8-10-18(29-5)11-9-17;/h8-11H,6-7,12-16H2,1-5H3,(H,23,24);1H. The van der Waals surface area contributed by atoms with Crippen LogP contribution in [0.1, 0.15) is 30.8 Å². The van der Waals surface area contributed by atoms with Gasteiger partial charge in [0.05, 0.1) is 12.8 Å². The molecule has 1 aromatic carbocycles. The number of halogens is 1. The molecule has 1 fully saturated rings. The van der Waals surface area contributed by atoms with Crippen molar-refractivity contribution in [2.45, 2.75) is 33.2 Å². The van der Waals surface area contributed by atoms with Gasteiger partial charge in [-0.25, -0.2) is 0 Å². The van der Waals surface area contributed by atoms with Gasteiger partial charge in [-0.05, 0) is 37.1 Å². The molecule has 2 heterocycles. The molecule has 0 radical (unpaired) electrons. The van der Waals surface area contributed by atoms with Crippen LogP contribution in [0.5, 0.6) is 5.75 Å². The maximum Gasteiger partial charge on any atom is 0.194 e. The lowest BCUT2D eigenvalue weighted by atomic mass is 10.1. The first kappa shape index (κ1) is 24.3. The zero-order valence-electron chi connectivity index (χ0n) is 18.8. The Labute approximate surface area is 197 Å². The highest BCUT2D eigenvalue weighted by Gasteiger charge is 2.21. The summed E-state index contributed by atoms with van der Waals surface area (Å²) < 4.78 is 7.28. The summed E-state index contributed by atoms with van der Waals surface area (Å²) >= 11 is 0. The summed E-state index contributed by atoms with van der Waals surface area (Å²) in [5.74, 6) is 1.86. The van der Waals surface area contributed by atoms with E-state index in [1.807, 2.05) is 30.9 Å². The second-order valence-corrected chi connectivity index (χ2v) is 7.28. The molecule has 3 rings (SSSR count). The maximum absolute atomic E-state index is 5.26. The van der Waals surface area contributed by atoms with Crippen molar-refractivity contribution in [3.05, 3.63) is 41.2 Å². The SMILES string of the molecule is CCc1nn(C)c(CC)c1CNC(=NC)N1CCN(c2ccc(OC)cc2)CC1.I. The van der Waals surface area contributed by atoms with Crippen LogP contribution in [0.4, 0.5) is 5.69 Å². The minimum absolute atomic E-state index is 0. The fourth-order valence-corrected chi connectivity index (χ4v) is 4.06. The van der Waals surface area contributed by atoms with Crippen molar-refractivity contribution >= 4 is 35.6 Å². The van der Waals surface area contributed by atoms with E-state index in [4.69, 9.17) is 4.74 Å². The Bertz CT molecular complexity index is 825. The summed E-state index contributed by atoms with van der Waals surface area (Å²) in [6, 6.07) is 8.30. The molecule has 166 valence electrons. The van der Waals surface area contributed by atoms with E-state index in [1.54, 1.807) is 7.11 Å². The van der Waals surface area contributed by atoms with E-state index in [9.17, 15) is 0 Å². The molecule has 0 bridgehead atoms. The van der Waals surface area contributed by atoms with Crippen molar-refractivity contribution in [2.24, 2.45) is 12.0 Å². The number of aromatic nitrogens is 2. The lowest BCUT2D eigenvalue weighted by molar-refractivity contribution is 0.372. The molecule has 0 atom stereocenters. The number of guanidine groups is 1. The average molecular weight is 526 g/mol. The molecule has 0 spiro atoms.